The number of aryl methyl sites for hydroxylation is 1. The van der Waals surface area contributed by atoms with Gasteiger partial charge in [-0.25, -0.2) is 17.6 Å². The third-order valence-corrected chi connectivity index (χ3v) is 4.48. The monoisotopic (exact) mass is 430 g/mol. The predicted octanol–water partition coefficient (Wildman–Crippen LogP) is 4.70. The van der Waals surface area contributed by atoms with Crippen LogP contribution >= 0.6 is 0 Å². The van der Waals surface area contributed by atoms with Gasteiger partial charge in [0.1, 0.15) is 0 Å². The topological polar surface area (TPSA) is 73.0 Å². The number of aromatic nitrogens is 3. The van der Waals surface area contributed by atoms with Gasteiger partial charge in [0.15, 0.2) is 40.5 Å². The predicted molar refractivity (Wildman–Crippen MR) is 102 cm³/mol. The average molecular weight is 430 g/mol. The van der Waals surface area contributed by atoms with Gasteiger partial charge in [-0.15, -0.1) is 0 Å². The van der Waals surface area contributed by atoms with E-state index in [1.807, 2.05) is 31.2 Å². The van der Waals surface area contributed by atoms with E-state index < -0.39 is 41.3 Å². The summed E-state index contributed by atoms with van der Waals surface area (Å²) in [6.45, 7) is 1.36. The van der Waals surface area contributed by atoms with Crippen molar-refractivity contribution in [3.05, 3.63) is 88.8 Å². The Balaban J connectivity index is 1.47. The molecule has 0 fully saturated rings. The highest BCUT2D eigenvalue weighted by Crippen LogP contribution is 2.22. The molecule has 0 saturated heterocycles. The third kappa shape index (κ3) is 4.18. The molecule has 0 bridgehead atoms. The molecule has 2 aromatic carbocycles. The van der Waals surface area contributed by atoms with Crippen molar-refractivity contribution in [1.82, 2.24) is 14.9 Å². The number of rotatable bonds is 5. The van der Waals surface area contributed by atoms with E-state index in [1.165, 1.54) is 18.3 Å². The number of nitrogens with one attached hydrogen (secondary N) is 1. The molecule has 0 aliphatic heterocycles. The number of hydrogen-bond acceptors (Lipinski definition) is 4. The summed E-state index contributed by atoms with van der Waals surface area (Å²) in [5, 5.41) is 10.1. The van der Waals surface area contributed by atoms with Crippen molar-refractivity contribution >= 4 is 11.7 Å². The smallest absolute Gasteiger partial charge is 0.279 e. The highest BCUT2D eigenvalue weighted by atomic mass is 19.2. The fraction of sp³-hybridized carbons (Fsp3) is 0.0952. The van der Waals surface area contributed by atoms with Gasteiger partial charge in [0, 0.05) is 30.0 Å². The molecule has 2 aromatic heterocycles. The molecule has 0 spiro atoms. The second-order valence-corrected chi connectivity index (χ2v) is 6.74. The number of halogens is 4. The molecule has 10 heteroatoms. The van der Waals surface area contributed by atoms with Crippen LogP contribution < -0.4 is 5.32 Å². The average Bonchev–Trinajstić information content (AvgIpc) is 3.40. The summed E-state index contributed by atoms with van der Waals surface area (Å²) in [5.74, 6) is -6.22. The fourth-order valence-corrected chi connectivity index (χ4v) is 2.86. The Kier molecular flexibility index (Phi) is 5.28. The maximum absolute atomic E-state index is 13.8. The molecule has 6 nitrogen and oxygen atoms in total. The van der Waals surface area contributed by atoms with Crippen LogP contribution in [-0.2, 0) is 6.54 Å². The molecule has 1 amide bonds. The van der Waals surface area contributed by atoms with E-state index in [0.717, 1.165) is 15.8 Å². The van der Waals surface area contributed by atoms with Gasteiger partial charge in [0.2, 0.25) is 0 Å². The Bertz CT molecular complexity index is 1240. The minimum Gasteiger partial charge on any atom is -0.355 e. The van der Waals surface area contributed by atoms with Gasteiger partial charge in [-0.2, -0.15) is 5.10 Å². The molecule has 0 radical (unpaired) electrons. The van der Waals surface area contributed by atoms with E-state index in [0.29, 0.717) is 5.76 Å². The molecule has 0 unspecified atom stereocenters. The summed E-state index contributed by atoms with van der Waals surface area (Å²) in [4.78, 5) is 12.4. The minimum absolute atomic E-state index is 0.00517. The lowest BCUT2D eigenvalue weighted by Gasteiger charge is -2.07. The fourth-order valence-electron chi connectivity index (χ4n) is 2.86. The molecule has 1 N–H and O–H groups in total. The van der Waals surface area contributed by atoms with Crippen molar-refractivity contribution in [1.29, 1.82) is 0 Å². The van der Waals surface area contributed by atoms with Crippen molar-refractivity contribution < 1.29 is 26.9 Å². The first-order valence-corrected chi connectivity index (χ1v) is 9.02. The Morgan fingerprint density at radius 2 is 1.71 bits per heavy atom. The summed E-state index contributed by atoms with van der Waals surface area (Å²) < 4.78 is 60.6. The van der Waals surface area contributed by atoms with E-state index in [9.17, 15) is 22.4 Å². The molecule has 31 heavy (non-hydrogen) atoms. The molecule has 158 valence electrons. The summed E-state index contributed by atoms with van der Waals surface area (Å²) in [5.41, 5.74) is 0.984. The van der Waals surface area contributed by atoms with Gasteiger partial charge in [-0.3, -0.25) is 9.48 Å². The highest BCUT2D eigenvalue weighted by molar-refractivity contribution is 6.02. The Morgan fingerprint density at radius 1 is 1.03 bits per heavy atom. The van der Waals surface area contributed by atoms with Crippen LogP contribution in [0.1, 0.15) is 21.6 Å². The number of benzene rings is 2. The zero-order valence-electron chi connectivity index (χ0n) is 16.0. The second kappa shape index (κ2) is 8.05. The zero-order valence-corrected chi connectivity index (χ0v) is 16.0. The van der Waals surface area contributed by atoms with Crippen molar-refractivity contribution in [3.63, 3.8) is 0 Å². The van der Waals surface area contributed by atoms with Crippen molar-refractivity contribution in [3.8, 4) is 11.3 Å². The largest absolute Gasteiger partial charge is 0.355 e. The lowest BCUT2D eigenvalue weighted by molar-refractivity contribution is 0.101. The van der Waals surface area contributed by atoms with E-state index in [4.69, 9.17) is 4.52 Å². The molecule has 2 heterocycles. The van der Waals surface area contributed by atoms with E-state index in [-0.39, 0.29) is 17.6 Å². The molecule has 0 atom stereocenters. The van der Waals surface area contributed by atoms with Gasteiger partial charge < -0.3 is 9.84 Å². The highest BCUT2D eigenvalue weighted by Gasteiger charge is 2.20. The van der Waals surface area contributed by atoms with Crippen LogP contribution in [0.3, 0.4) is 0 Å². The van der Waals surface area contributed by atoms with Crippen LogP contribution in [0.5, 0.6) is 0 Å². The van der Waals surface area contributed by atoms with Crippen molar-refractivity contribution in [2.24, 2.45) is 0 Å². The number of amides is 1. The van der Waals surface area contributed by atoms with Crippen LogP contribution in [0, 0.1) is 30.2 Å². The normalized spacial score (nSPS) is 11.0. The first-order chi connectivity index (χ1) is 14.8. The van der Waals surface area contributed by atoms with Crippen molar-refractivity contribution in [2.45, 2.75) is 13.5 Å². The maximum Gasteiger partial charge on any atom is 0.279 e. The summed E-state index contributed by atoms with van der Waals surface area (Å²) in [6.07, 6.45) is 1.29. The molecule has 0 saturated carbocycles. The van der Waals surface area contributed by atoms with E-state index in [2.05, 4.69) is 15.6 Å². The first-order valence-electron chi connectivity index (χ1n) is 9.02. The van der Waals surface area contributed by atoms with Gasteiger partial charge in [0.25, 0.3) is 5.91 Å². The quantitative estimate of drug-likeness (QED) is 0.368. The Morgan fingerprint density at radius 3 is 2.39 bits per heavy atom. The summed E-state index contributed by atoms with van der Waals surface area (Å²) in [7, 11) is 0. The second-order valence-electron chi connectivity index (χ2n) is 6.74. The first kappa shape index (κ1) is 20.3. The number of anilines is 1. The van der Waals surface area contributed by atoms with Crippen LogP contribution in [-0.4, -0.2) is 20.8 Å². The number of carbonyl (C=O) groups excluding carboxylic acids is 1. The van der Waals surface area contributed by atoms with Crippen molar-refractivity contribution in [2.75, 3.05) is 5.32 Å². The standard InChI is InChI=1S/C21H14F4N4O2/c1-11-2-4-12(5-3-11)17-9-16(28-31-17)21(30)26-18-6-7-29(27-18)10-13-19(24)14(22)8-15(23)20(13)25/h2-9H,10H2,1H3,(H,26,27,30). The van der Waals surface area contributed by atoms with E-state index >= 15 is 0 Å². The lowest BCUT2D eigenvalue weighted by atomic mass is 10.1. The molecule has 0 aliphatic rings. The van der Waals surface area contributed by atoms with Crippen LogP contribution in [0.2, 0.25) is 0 Å². The van der Waals surface area contributed by atoms with Gasteiger partial charge in [-0.1, -0.05) is 35.0 Å². The number of nitrogens with zero attached hydrogens (tertiary/aromatic N) is 3. The Labute approximate surface area is 173 Å². The molecular formula is C21H14F4N4O2. The van der Waals surface area contributed by atoms with Crippen LogP contribution in [0.25, 0.3) is 11.3 Å². The van der Waals surface area contributed by atoms with Gasteiger partial charge >= 0.3 is 0 Å². The maximum atomic E-state index is 13.8. The zero-order chi connectivity index (χ0) is 22.1. The SMILES string of the molecule is Cc1ccc(-c2cc(C(=O)Nc3ccn(Cc4c(F)c(F)cc(F)c4F)n3)no2)cc1. The van der Waals surface area contributed by atoms with E-state index in [1.54, 1.807) is 0 Å². The van der Waals surface area contributed by atoms with Gasteiger partial charge in [0.05, 0.1) is 12.1 Å². The number of hydrogen-bond donors (Lipinski definition) is 1. The summed E-state index contributed by atoms with van der Waals surface area (Å²) >= 11 is 0. The Hall–Kier alpha value is -3.95. The molecule has 4 rings (SSSR count). The van der Waals surface area contributed by atoms with Crippen LogP contribution in [0.15, 0.2) is 53.2 Å². The molecule has 4 aromatic rings. The third-order valence-electron chi connectivity index (χ3n) is 4.48. The van der Waals surface area contributed by atoms with Gasteiger partial charge in [-0.05, 0) is 6.92 Å². The lowest BCUT2D eigenvalue weighted by Crippen LogP contribution is -2.13. The minimum atomic E-state index is -1.51. The molecule has 0 aliphatic carbocycles. The molecular weight excluding hydrogens is 416 g/mol. The summed E-state index contributed by atoms with van der Waals surface area (Å²) in [6, 6.07) is 10.4. The number of carbonyl (C=O) groups is 1. The van der Waals surface area contributed by atoms with Crippen LogP contribution in [0.4, 0.5) is 23.4 Å².